The molecule has 0 bridgehead atoms. The summed E-state index contributed by atoms with van der Waals surface area (Å²) in [7, 11) is 0. The lowest BCUT2D eigenvalue weighted by Gasteiger charge is -2.12. The van der Waals surface area contributed by atoms with E-state index in [2.05, 4.69) is 10.3 Å². The third kappa shape index (κ3) is 4.22. The van der Waals surface area contributed by atoms with Crippen LogP contribution >= 0.6 is 34.5 Å². The van der Waals surface area contributed by atoms with Crippen molar-refractivity contribution in [1.29, 1.82) is 0 Å². The molecule has 128 valence electrons. The number of benzene rings is 2. The number of ether oxygens (including phenoxy) is 1. The maximum Gasteiger partial charge on any atom is 0.259 e. The highest BCUT2D eigenvalue weighted by molar-refractivity contribution is 7.07. The van der Waals surface area contributed by atoms with Crippen molar-refractivity contribution in [2.45, 2.75) is 6.61 Å². The fraction of sp³-hybridized carbons (Fsp3) is 0.0588. The van der Waals surface area contributed by atoms with Crippen LogP contribution in [0.1, 0.15) is 16.1 Å². The Morgan fingerprint density at radius 3 is 2.64 bits per heavy atom. The normalized spacial score (nSPS) is 10.5. The molecule has 1 aromatic heterocycles. The molecule has 3 rings (SSSR count). The van der Waals surface area contributed by atoms with Gasteiger partial charge in [0.2, 0.25) is 0 Å². The van der Waals surface area contributed by atoms with Crippen LogP contribution in [-0.4, -0.2) is 10.9 Å². The SMILES string of the molecule is Nc1c(Cl)cc(NC(=O)c2ccccc2OCc2cscn2)cc1Cl. The Kier molecular flexibility index (Phi) is 5.43. The molecule has 1 amide bonds. The Morgan fingerprint density at radius 2 is 1.96 bits per heavy atom. The number of carbonyl (C=O) groups excluding carboxylic acids is 1. The molecule has 0 radical (unpaired) electrons. The summed E-state index contributed by atoms with van der Waals surface area (Å²) in [6.07, 6.45) is 0. The first-order valence-corrected chi connectivity index (χ1v) is 8.89. The number of hydrogen-bond donors (Lipinski definition) is 2. The number of hydrogen-bond acceptors (Lipinski definition) is 5. The van der Waals surface area contributed by atoms with Crippen molar-refractivity contribution in [3.05, 3.63) is 68.6 Å². The standard InChI is InChI=1S/C17H13Cl2N3O2S/c18-13-5-10(6-14(19)16(13)20)22-17(23)12-3-1-2-4-15(12)24-7-11-8-25-9-21-11/h1-6,8-9H,7,20H2,(H,22,23). The van der Waals surface area contributed by atoms with Crippen molar-refractivity contribution in [2.24, 2.45) is 0 Å². The number of amides is 1. The van der Waals surface area contributed by atoms with Gasteiger partial charge in [0.05, 0.1) is 32.5 Å². The zero-order valence-electron chi connectivity index (χ0n) is 12.8. The molecule has 2 aromatic carbocycles. The van der Waals surface area contributed by atoms with Crippen LogP contribution in [0.2, 0.25) is 10.0 Å². The maximum atomic E-state index is 12.6. The monoisotopic (exact) mass is 393 g/mol. The molecule has 0 aliphatic rings. The summed E-state index contributed by atoms with van der Waals surface area (Å²) in [4.78, 5) is 16.7. The van der Waals surface area contributed by atoms with Crippen LogP contribution in [0.15, 0.2) is 47.3 Å². The highest BCUT2D eigenvalue weighted by Crippen LogP contribution is 2.31. The molecular formula is C17H13Cl2N3O2S. The number of aromatic nitrogens is 1. The minimum absolute atomic E-state index is 0.272. The fourth-order valence-electron chi connectivity index (χ4n) is 2.10. The quantitative estimate of drug-likeness (QED) is 0.606. The fourth-order valence-corrected chi connectivity index (χ4v) is 3.13. The van der Waals surface area contributed by atoms with Crippen molar-refractivity contribution in [3.8, 4) is 5.75 Å². The second-order valence-electron chi connectivity index (χ2n) is 5.07. The largest absolute Gasteiger partial charge is 0.486 e. The zero-order valence-corrected chi connectivity index (χ0v) is 15.2. The van der Waals surface area contributed by atoms with Crippen molar-refractivity contribution in [1.82, 2.24) is 4.98 Å². The first kappa shape index (κ1) is 17.5. The molecule has 0 saturated carbocycles. The lowest BCUT2D eigenvalue weighted by molar-refractivity contribution is 0.102. The van der Waals surface area contributed by atoms with Crippen LogP contribution in [0.4, 0.5) is 11.4 Å². The molecule has 0 fully saturated rings. The van der Waals surface area contributed by atoms with Gasteiger partial charge < -0.3 is 15.8 Å². The van der Waals surface area contributed by atoms with Crippen molar-refractivity contribution in [3.63, 3.8) is 0 Å². The van der Waals surface area contributed by atoms with E-state index in [1.165, 1.54) is 11.3 Å². The van der Waals surface area contributed by atoms with Gasteiger partial charge in [-0.15, -0.1) is 11.3 Å². The number of nitrogens with two attached hydrogens (primary N) is 1. The van der Waals surface area contributed by atoms with Gasteiger partial charge in [0.1, 0.15) is 12.4 Å². The molecule has 3 N–H and O–H groups in total. The molecule has 25 heavy (non-hydrogen) atoms. The summed E-state index contributed by atoms with van der Waals surface area (Å²) in [5.41, 5.74) is 9.34. The third-order valence-corrected chi connectivity index (χ3v) is 4.59. The number of halogens is 2. The zero-order chi connectivity index (χ0) is 17.8. The average molecular weight is 394 g/mol. The molecule has 0 saturated heterocycles. The van der Waals surface area contributed by atoms with Gasteiger partial charge in [0.15, 0.2) is 0 Å². The Labute approximate surface area is 158 Å². The van der Waals surface area contributed by atoms with Crippen LogP contribution in [0.3, 0.4) is 0 Å². The molecule has 0 atom stereocenters. The van der Waals surface area contributed by atoms with Crippen LogP contribution in [-0.2, 0) is 6.61 Å². The number of nitrogens with one attached hydrogen (secondary N) is 1. The predicted molar refractivity (Wildman–Crippen MR) is 102 cm³/mol. The Balaban J connectivity index is 1.78. The number of para-hydroxylation sites is 1. The molecule has 0 spiro atoms. The van der Waals surface area contributed by atoms with Gasteiger partial charge in [-0.2, -0.15) is 0 Å². The number of nitrogens with zero attached hydrogens (tertiary/aromatic N) is 1. The van der Waals surface area contributed by atoms with E-state index in [9.17, 15) is 4.79 Å². The Bertz CT molecular complexity index is 878. The summed E-state index contributed by atoms with van der Waals surface area (Å²) in [5, 5.41) is 5.18. The number of nitrogen functional groups attached to an aromatic ring is 1. The number of anilines is 2. The number of carbonyl (C=O) groups is 1. The highest BCUT2D eigenvalue weighted by Gasteiger charge is 2.14. The van der Waals surface area contributed by atoms with Crippen molar-refractivity contribution >= 4 is 51.8 Å². The van der Waals surface area contributed by atoms with Crippen molar-refractivity contribution in [2.75, 3.05) is 11.1 Å². The van der Waals surface area contributed by atoms with E-state index in [1.807, 2.05) is 5.38 Å². The highest BCUT2D eigenvalue weighted by atomic mass is 35.5. The second-order valence-corrected chi connectivity index (χ2v) is 6.61. The van der Waals surface area contributed by atoms with E-state index in [0.29, 0.717) is 17.0 Å². The Hall–Kier alpha value is -2.28. The van der Waals surface area contributed by atoms with E-state index in [1.54, 1.807) is 41.9 Å². The molecule has 5 nitrogen and oxygen atoms in total. The molecule has 0 aliphatic carbocycles. The van der Waals surface area contributed by atoms with Crippen LogP contribution in [0, 0.1) is 0 Å². The van der Waals surface area contributed by atoms with E-state index >= 15 is 0 Å². The molecular weight excluding hydrogens is 381 g/mol. The van der Waals surface area contributed by atoms with Gasteiger partial charge in [-0.3, -0.25) is 4.79 Å². The van der Waals surface area contributed by atoms with E-state index in [-0.39, 0.29) is 28.2 Å². The predicted octanol–water partition coefficient (Wildman–Crippen LogP) is 4.86. The lowest BCUT2D eigenvalue weighted by atomic mass is 10.1. The van der Waals surface area contributed by atoms with E-state index in [4.69, 9.17) is 33.7 Å². The minimum atomic E-state index is -0.342. The molecule has 8 heteroatoms. The van der Waals surface area contributed by atoms with Crippen LogP contribution < -0.4 is 15.8 Å². The molecule has 3 aromatic rings. The van der Waals surface area contributed by atoms with Crippen LogP contribution in [0.5, 0.6) is 5.75 Å². The summed E-state index contributed by atoms with van der Waals surface area (Å²) >= 11 is 13.5. The van der Waals surface area contributed by atoms with E-state index < -0.39 is 0 Å². The summed E-state index contributed by atoms with van der Waals surface area (Å²) < 4.78 is 5.72. The number of thiazole rings is 1. The summed E-state index contributed by atoms with van der Waals surface area (Å²) in [5.74, 6) is 0.117. The van der Waals surface area contributed by atoms with Gasteiger partial charge in [0, 0.05) is 11.1 Å². The van der Waals surface area contributed by atoms with E-state index in [0.717, 1.165) is 5.69 Å². The molecule has 0 aliphatic heterocycles. The molecule has 0 unspecified atom stereocenters. The first-order chi connectivity index (χ1) is 12.0. The summed E-state index contributed by atoms with van der Waals surface area (Å²) in [6.45, 7) is 0.285. The average Bonchev–Trinajstić information content (AvgIpc) is 3.11. The van der Waals surface area contributed by atoms with Crippen LogP contribution in [0.25, 0.3) is 0 Å². The van der Waals surface area contributed by atoms with Gasteiger partial charge in [-0.05, 0) is 24.3 Å². The summed E-state index contributed by atoms with van der Waals surface area (Å²) in [6, 6.07) is 10.0. The second kappa shape index (κ2) is 7.74. The minimum Gasteiger partial charge on any atom is -0.486 e. The topological polar surface area (TPSA) is 77.2 Å². The Morgan fingerprint density at radius 1 is 1.24 bits per heavy atom. The van der Waals surface area contributed by atoms with Gasteiger partial charge in [-0.25, -0.2) is 4.98 Å². The third-order valence-electron chi connectivity index (χ3n) is 3.33. The maximum absolute atomic E-state index is 12.6. The molecule has 1 heterocycles. The van der Waals surface area contributed by atoms with Crippen molar-refractivity contribution < 1.29 is 9.53 Å². The van der Waals surface area contributed by atoms with Gasteiger partial charge >= 0.3 is 0 Å². The smallest absolute Gasteiger partial charge is 0.259 e. The van der Waals surface area contributed by atoms with Gasteiger partial charge in [-0.1, -0.05) is 35.3 Å². The lowest BCUT2D eigenvalue weighted by Crippen LogP contribution is -2.14. The number of rotatable bonds is 5. The first-order valence-electron chi connectivity index (χ1n) is 7.19. The van der Waals surface area contributed by atoms with Gasteiger partial charge in [0.25, 0.3) is 5.91 Å².